The lowest BCUT2D eigenvalue weighted by molar-refractivity contribution is -0.137. The Bertz CT molecular complexity index is 346. The van der Waals surface area contributed by atoms with Crippen LogP contribution in [0.4, 0.5) is 0 Å². The van der Waals surface area contributed by atoms with E-state index in [0.717, 1.165) is 38.4 Å². The van der Waals surface area contributed by atoms with Crippen LogP contribution in [0.1, 0.15) is 40.0 Å². The average molecular weight is 266 g/mol. The van der Waals surface area contributed by atoms with Crippen LogP contribution in [0, 0.1) is 17.8 Å². The molecule has 2 fully saturated rings. The van der Waals surface area contributed by atoms with Gasteiger partial charge in [-0.25, -0.2) is 0 Å². The molecule has 2 amide bonds. The van der Waals surface area contributed by atoms with Crippen molar-refractivity contribution in [3.05, 3.63) is 0 Å². The first-order valence-electron chi connectivity index (χ1n) is 7.54. The second-order valence-electron chi connectivity index (χ2n) is 6.60. The zero-order chi connectivity index (χ0) is 14.0. The van der Waals surface area contributed by atoms with Crippen molar-refractivity contribution in [3.8, 4) is 0 Å². The lowest BCUT2D eigenvalue weighted by atomic mass is 9.97. The van der Waals surface area contributed by atoms with Gasteiger partial charge in [-0.1, -0.05) is 20.8 Å². The summed E-state index contributed by atoms with van der Waals surface area (Å²) in [5, 5.41) is 0. The summed E-state index contributed by atoms with van der Waals surface area (Å²) in [6.07, 6.45) is 2.61. The minimum Gasteiger partial charge on any atom is -0.342 e. The van der Waals surface area contributed by atoms with Crippen LogP contribution in [-0.4, -0.2) is 47.8 Å². The number of carbonyl (C=O) groups is 2. The normalized spacial score (nSPS) is 25.5. The highest BCUT2D eigenvalue weighted by molar-refractivity contribution is 5.89. The lowest BCUT2D eigenvalue weighted by Crippen LogP contribution is -2.42. The van der Waals surface area contributed by atoms with E-state index < -0.39 is 0 Å². The molecule has 0 bridgehead atoms. The number of rotatable bonds is 3. The molecule has 4 heteroatoms. The SMILES string of the molecule is CC(C)CN1C[C@H](C(=O)N2CCC(C)CC2)CC1=O. The highest BCUT2D eigenvalue weighted by Crippen LogP contribution is 2.24. The topological polar surface area (TPSA) is 40.6 Å². The van der Waals surface area contributed by atoms with Crippen LogP contribution in [0.3, 0.4) is 0 Å². The fourth-order valence-electron chi connectivity index (χ4n) is 3.04. The number of carbonyl (C=O) groups excluding carboxylic acids is 2. The second-order valence-corrected chi connectivity index (χ2v) is 6.60. The Morgan fingerprint density at radius 2 is 1.95 bits per heavy atom. The molecule has 0 saturated carbocycles. The number of nitrogens with zero attached hydrogens (tertiary/aromatic N) is 2. The Morgan fingerprint density at radius 3 is 2.53 bits per heavy atom. The summed E-state index contributed by atoms with van der Waals surface area (Å²) in [5.41, 5.74) is 0. The minimum absolute atomic E-state index is 0.0975. The summed E-state index contributed by atoms with van der Waals surface area (Å²) in [5.74, 6) is 1.45. The van der Waals surface area contributed by atoms with Gasteiger partial charge in [-0.05, 0) is 24.7 Å². The van der Waals surface area contributed by atoms with Gasteiger partial charge in [-0.3, -0.25) is 9.59 Å². The lowest BCUT2D eigenvalue weighted by Gasteiger charge is -2.32. The number of likely N-dealkylation sites (tertiary alicyclic amines) is 2. The third-order valence-corrected chi connectivity index (χ3v) is 4.24. The van der Waals surface area contributed by atoms with Crippen molar-refractivity contribution >= 4 is 11.8 Å². The molecule has 1 atom stereocenters. The number of hydrogen-bond acceptors (Lipinski definition) is 2. The molecule has 108 valence electrons. The predicted molar refractivity (Wildman–Crippen MR) is 74.5 cm³/mol. The fraction of sp³-hybridized carbons (Fsp3) is 0.867. The van der Waals surface area contributed by atoms with E-state index in [2.05, 4.69) is 20.8 Å². The van der Waals surface area contributed by atoms with Gasteiger partial charge >= 0.3 is 0 Å². The third-order valence-electron chi connectivity index (χ3n) is 4.24. The van der Waals surface area contributed by atoms with E-state index in [4.69, 9.17) is 0 Å². The monoisotopic (exact) mass is 266 g/mol. The van der Waals surface area contributed by atoms with Gasteiger partial charge in [0.15, 0.2) is 0 Å². The molecule has 2 heterocycles. The van der Waals surface area contributed by atoms with E-state index in [1.165, 1.54) is 0 Å². The van der Waals surface area contributed by atoms with E-state index in [1.54, 1.807) is 0 Å². The molecule has 2 aliphatic rings. The Hall–Kier alpha value is -1.06. The van der Waals surface area contributed by atoms with Crippen molar-refractivity contribution < 1.29 is 9.59 Å². The standard InChI is InChI=1S/C15H26N2O2/c1-11(2)9-17-10-13(8-14(17)18)15(19)16-6-4-12(3)5-7-16/h11-13H,4-10H2,1-3H3/t13-/m1/s1. The average Bonchev–Trinajstić information content (AvgIpc) is 2.70. The van der Waals surface area contributed by atoms with Crippen molar-refractivity contribution in [2.45, 2.75) is 40.0 Å². The van der Waals surface area contributed by atoms with Crippen LogP contribution < -0.4 is 0 Å². The smallest absolute Gasteiger partial charge is 0.227 e. The van der Waals surface area contributed by atoms with E-state index in [1.807, 2.05) is 9.80 Å². The van der Waals surface area contributed by atoms with Crippen molar-refractivity contribution in [3.63, 3.8) is 0 Å². The van der Waals surface area contributed by atoms with Crippen LogP contribution in [0.5, 0.6) is 0 Å². The van der Waals surface area contributed by atoms with Crippen LogP contribution >= 0.6 is 0 Å². The van der Waals surface area contributed by atoms with Crippen LogP contribution in [-0.2, 0) is 9.59 Å². The zero-order valence-corrected chi connectivity index (χ0v) is 12.4. The summed E-state index contributed by atoms with van der Waals surface area (Å²) in [6, 6.07) is 0. The molecule has 19 heavy (non-hydrogen) atoms. The Kier molecular flexibility index (Phi) is 4.48. The maximum atomic E-state index is 12.4. The summed E-state index contributed by atoms with van der Waals surface area (Å²) in [7, 11) is 0. The van der Waals surface area contributed by atoms with Crippen LogP contribution in [0.25, 0.3) is 0 Å². The van der Waals surface area contributed by atoms with E-state index >= 15 is 0 Å². The molecule has 0 radical (unpaired) electrons. The Balaban J connectivity index is 1.89. The van der Waals surface area contributed by atoms with Gasteiger partial charge in [0, 0.05) is 32.6 Å². The quantitative estimate of drug-likeness (QED) is 0.781. The highest BCUT2D eigenvalue weighted by Gasteiger charge is 2.37. The van der Waals surface area contributed by atoms with E-state index in [0.29, 0.717) is 18.9 Å². The third kappa shape index (κ3) is 3.48. The number of piperidine rings is 1. The Labute approximate surface area is 116 Å². The maximum Gasteiger partial charge on any atom is 0.227 e. The Morgan fingerprint density at radius 1 is 1.32 bits per heavy atom. The largest absolute Gasteiger partial charge is 0.342 e. The first-order chi connectivity index (χ1) is 8.97. The van der Waals surface area contributed by atoms with Gasteiger partial charge in [-0.2, -0.15) is 0 Å². The van der Waals surface area contributed by atoms with Crippen LogP contribution in [0.2, 0.25) is 0 Å². The minimum atomic E-state index is -0.0975. The summed E-state index contributed by atoms with van der Waals surface area (Å²) < 4.78 is 0. The molecular formula is C15H26N2O2. The number of hydrogen-bond donors (Lipinski definition) is 0. The molecular weight excluding hydrogens is 240 g/mol. The molecule has 0 aromatic rings. The molecule has 0 N–H and O–H groups in total. The second kappa shape index (κ2) is 5.93. The first kappa shape index (κ1) is 14.4. The van der Waals surface area contributed by atoms with Crippen molar-refractivity contribution in [1.82, 2.24) is 9.80 Å². The summed E-state index contributed by atoms with van der Waals surface area (Å²) in [6.45, 7) is 9.60. The predicted octanol–water partition coefficient (Wildman–Crippen LogP) is 1.75. The van der Waals surface area contributed by atoms with Crippen LogP contribution in [0.15, 0.2) is 0 Å². The van der Waals surface area contributed by atoms with Crippen molar-refractivity contribution in [2.24, 2.45) is 17.8 Å². The van der Waals surface area contributed by atoms with Crippen molar-refractivity contribution in [1.29, 1.82) is 0 Å². The van der Waals surface area contributed by atoms with Gasteiger partial charge in [0.25, 0.3) is 0 Å². The molecule has 2 saturated heterocycles. The zero-order valence-electron chi connectivity index (χ0n) is 12.4. The van der Waals surface area contributed by atoms with Crippen molar-refractivity contribution in [2.75, 3.05) is 26.2 Å². The maximum absolute atomic E-state index is 12.4. The van der Waals surface area contributed by atoms with Gasteiger partial charge in [0.1, 0.15) is 0 Å². The molecule has 0 spiro atoms. The molecule has 0 aromatic heterocycles. The van der Waals surface area contributed by atoms with E-state index in [9.17, 15) is 9.59 Å². The molecule has 0 aliphatic carbocycles. The van der Waals surface area contributed by atoms with Gasteiger partial charge in [0.2, 0.25) is 11.8 Å². The fourth-order valence-corrected chi connectivity index (χ4v) is 3.04. The number of amides is 2. The van der Waals surface area contributed by atoms with Gasteiger partial charge in [0.05, 0.1) is 5.92 Å². The molecule has 2 aliphatic heterocycles. The van der Waals surface area contributed by atoms with Gasteiger partial charge in [-0.15, -0.1) is 0 Å². The molecule has 2 rings (SSSR count). The van der Waals surface area contributed by atoms with E-state index in [-0.39, 0.29) is 17.7 Å². The summed E-state index contributed by atoms with van der Waals surface area (Å²) >= 11 is 0. The molecule has 0 unspecified atom stereocenters. The van der Waals surface area contributed by atoms with Gasteiger partial charge < -0.3 is 9.80 Å². The molecule has 4 nitrogen and oxygen atoms in total. The summed E-state index contributed by atoms with van der Waals surface area (Å²) in [4.78, 5) is 28.2. The highest BCUT2D eigenvalue weighted by atomic mass is 16.2. The molecule has 0 aromatic carbocycles. The first-order valence-corrected chi connectivity index (χ1v) is 7.54.